The Bertz CT molecular complexity index is 643. The van der Waals surface area contributed by atoms with Crippen LogP contribution >= 0.6 is 24.0 Å². The third-order valence-electron chi connectivity index (χ3n) is 3.22. The Labute approximate surface area is 144 Å². The number of amides is 1. The maximum Gasteiger partial charge on any atom is 0.260 e. The summed E-state index contributed by atoms with van der Waals surface area (Å²) < 4.78 is 0.614. The maximum atomic E-state index is 12.3. The Hall–Kier alpha value is -1.80. The molecule has 0 aliphatic carbocycles. The second kappa shape index (κ2) is 8.16. The van der Waals surface area contributed by atoms with Crippen molar-refractivity contribution >= 4 is 51.5 Å². The number of ketones is 1. The minimum atomic E-state index is -0.125. The highest BCUT2D eigenvalue weighted by atomic mass is 32.2. The van der Waals surface area contributed by atoms with E-state index in [0.717, 1.165) is 11.5 Å². The zero-order chi connectivity index (χ0) is 16.8. The number of carbonyl (C=O) groups is 2. The Kier molecular flexibility index (Phi) is 6.23. The summed E-state index contributed by atoms with van der Waals surface area (Å²) in [6, 6.07) is 3.39. The van der Waals surface area contributed by atoms with Gasteiger partial charge in [-0.05, 0) is 32.4 Å². The zero-order valence-corrected chi connectivity index (χ0v) is 14.7. The number of hydrazone groups is 1. The van der Waals surface area contributed by atoms with E-state index in [1.807, 2.05) is 6.92 Å². The van der Waals surface area contributed by atoms with E-state index in [4.69, 9.17) is 12.2 Å². The van der Waals surface area contributed by atoms with Gasteiger partial charge in [-0.15, -0.1) is 0 Å². The molecule has 1 aliphatic heterocycles. The van der Waals surface area contributed by atoms with Gasteiger partial charge in [0.15, 0.2) is 0 Å². The van der Waals surface area contributed by atoms with Crippen molar-refractivity contribution in [2.45, 2.75) is 26.7 Å². The van der Waals surface area contributed by atoms with Gasteiger partial charge >= 0.3 is 0 Å². The molecule has 0 radical (unpaired) electrons. The number of hydrogen-bond donors (Lipinski definition) is 1. The lowest BCUT2D eigenvalue weighted by atomic mass is 10.2. The van der Waals surface area contributed by atoms with Gasteiger partial charge in [-0.1, -0.05) is 24.0 Å². The number of nitrogens with zero attached hydrogens (tertiary/aromatic N) is 3. The fourth-order valence-electron chi connectivity index (χ4n) is 1.89. The van der Waals surface area contributed by atoms with Crippen LogP contribution in [0.4, 0.5) is 5.82 Å². The molecule has 1 aromatic rings. The number of aromatic nitrogens is 1. The fraction of sp³-hybridized carbons (Fsp3) is 0.400. The first-order valence-electron chi connectivity index (χ1n) is 7.20. The van der Waals surface area contributed by atoms with Crippen molar-refractivity contribution in [3.05, 3.63) is 23.9 Å². The van der Waals surface area contributed by atoms with Crippen LogP contribution in [0.15, 0.2) is 23.4 Å². The number of nitrogens with one attached hydrogen (secondary N) is 1. The van der Waals surface area contributed by atoms with Crippen molar-refractivity contribution in [1.82, 2.24) is 9.88 Å². The molecule has 1 aliphatic rings. The highest BCUT2D eigenvalue weighted by Gasteiger charge is 2.25. The first-order chi connectivity index (χ1) is 11.0. The molecule has 0 spiro atoms. The quantitative estimate of drug-likeness (QED) is 0.483. The Morgan fingerprint density at radius 1 is 1.39 bits per heavy atom. The van der Waals surface area contributed by atoms with Gasteiger partial charge in [-0.2, -0.15) is 5.10 Å². The molecule has 8 heteroatoms. The summed E-state index contributed by atoms with van der Waals surface area (Å²) >= 11 is 6.66. The summed E-state index contributed by atoms with van der Waals surface area (Å²) in [4.78, 5) is 29.0. The van der Waals surface area contributed by atoms with Crippen molar-refractivity contribution in [2.75, 3.05) is 17.7 Å². The third-order valence-corrected chi connectivity index (χ3v) is 4.64. The van der Waals surface area contributed by atoms with Gasteiger partial charge in [0.1, 0.15) is 15.9 Å². The van der Waals surface area contributed by atoms with E-state index in [2.05, 4.69) is 15.5 Å². The summed E-state index contributed by atoms with van der Waals surface area (Å²) in [5.41, 5.74) is 4.14. The highest BCUT2D eigenvalue weighted by molar-refractivity contribution is 8.23. The summed E-state index contributed by atoms with van der Waals surface area (Å²) in [7, 11) is 0. The van der Waals surface area contributed by atoms with E-state index in [1.54, 1.807) is 24.0 Å². The van der Waals surface area contributed by atoms with Gasteiger partial charge in [0.05, 0.1) is 5.56 Å². The number of rotatable bonds is 6. The maximum absolute atomic E-state index is 12.3. The van der Waals surface area contributed by atoms with Gasteiger partial charge in [0, 0.05) is 30.6 Å². The topological polar surface area (TPSA) is 74.7 Å². The van der Waals surface area contributed by atoms with Crippen LogP contribution in [-0.4, -0.2) is 43.9 Å². The second-order valence-electron chi connectivity index (χ2n) is 5.16. The summed E-state index contributed by atoms with van der Waals surface area (Å²) in [5.74, 6) is 1.40. The van der Waals surface area contributed by atoms with E-state index in [1.165, 1.54) is 18.0 Å². The van der Waals surface area contributed by atoms with Crippen LogP contribution in [0.1, 0.15) is 37.0 Å². The van der Waals surface area contributed by atoms with Gasteiger partial charge in [-0.3, -0.25) is 15.1 Å². The molecule has 0 unspecified atom stereocenters. The standard InChI is InChI=1S/C15H18N4O2S2/c1-10(3-4-11(2)20)17-18-13-6-5-12(9-16-13)14(21)19-7-8-23-15(19)22/h5-6,9H,3-4,7-8H2,1-2H3,(H,16,18). The van der Waals surface area contributed by atoms with Crippen molar-refractivity contribution < 1.29 is 9.59 Å². The molecule has 2 heterocycles. The first kappa shape index (κ1) is 17.6. The summed E-state index contributed by atoms with van der Waals surface area (Å²) in [6.45, 7) is 4.05. The molecule has 1 amide bonds. The molecule has 1 aromatic heterocycles. The zero-order valence-electron chi connectivity index (χ0n) is 13.0. The smallest absolute Gasteiger partial charge is 0.260 e. The van der Waals surface area contributed by atoms with Crippen LogP contribution in [-0.2, 0) is 4.79 Å². The van der Waals surface area contributed by atoms with Crippen LogP contribution in [0.3, 0.4) is 0 Å². The number of pyridine rings is 1. The van der Waals surface area contributed by atoms with Gasteiger partial charge < -0.3 is 4.79 Å². The number of anilines is 1. The third kappa shape index (κ3) is 5.11. The summed E-state index contributed by atoms with van der Waals surface area (Å²) in [5, 5.41) is 4.16. The lowest BCUT2D eigenvalue weighted by Gasteiger charge is -2.14. The van der Waals surface area contributed by atoms with E-state index in [0.29, 0.717) is 35.1 Å². The number of thiocarbonyl (C=S) groups is 1. The SMILES string of the molecule is CC(=O)CCC(C)=NNc1ccc(C(=O)N2CCSC2=S)cn1. The molecular formula is C15H18N4O2S2. The number of carbonyl (C=O) groups excluding carboxylic acids is 2. The van der Waals surface area contributed by atoms with Crippen LogP contribution in [0.25, 0.3) is 0 Å². The minimum absolute atomic E-state index is 0.125. The monoisotopic (exact) mass is 350 g/mol. The molecule has 122 valence electrons. The molecule has 6 nitrogen and oxygen atoms in total. The first-order valence-corrected chi connectivity index (χ1v) is 8.60. The molecular weight excluding hydrogens is 332 g/mol. The van der Waals surface area contributed by atoms with Crippen LogP contribution in [0.5, 0.6) is 0 Å². The average molecular weight is 350 g/mol. The Balaban J connectivity index is 1.94. The molecule has 2 rings (SSSR count). The Morgan fingerprint density at radius 3 is 2.74 bits per heavy atom. The van der Waals surface area contributed by atoms with Gasteiger partial charge in [-0.25, -0.2) is 4.98 Å². The van der Waals surface area contributed by atoms with Crippen LogP contribution in [0.2, 0.25) is 0 Å². The van der Waals surface area contributed by atoms with Crippen molar-refractivity contribution in [3.63, 3.8) is 0 Å². The predicted molar refractivity (Wildman–Crippen MR) is 97.0 cm³/mol. The molecule has 0 saturated carbocycles. The van der Waals surface area contributed by atoms with Gasteiger partial charge in [0.25, 0.3) is 5.91 Å². The van der Waals surface area contributed by atoms with E-state index >= 15 is 0 Å². The summed E-state index contributed by atoms with van der Waals surface area (Å²) in [6.07, 6.45) is 2.60. The normalized spacial score (nSPS) is 15.0. The van der Waals surface area contributed by atoms with Gasteiger partial charge in [0.2, 0.25) is 0 Å². The molecule has 23 heavy (non-hydrogen) atoms. The molecule has 1 fully saturated rings. The molecule has 0 bridgehead atoms. The van der Waals surface area contributed by atoms with Crippen molar-refractivity contribution in [1.29, 1.82) is 0 Å². The van der Waals surface area contributed by atoms with E-state index in [-0.39, 0.29) is 11.7 Å². The largest absolute Gasteiger partial charge is 0.300 e. The number of hydrogen-bond acceptors (Lipinski definition) is 7. The number of Topliss-reactive ketones (excluding diaryl/α,β-unsaturated/α-hetero) is 1. The minimum Gasteiger partial charge on any atom is -0.300 e. The van der Waals surface area contributed by atoms with Crippen molar-refractivity contribution in [3.8, 4) is 0 Å². The molecule has 1 saturated heterocycles. The van der Waals surface area contributed by atoms with E-state index in [9.17, 15) is 9.59 Å². The Morgan fingerprint density at radius 2 is 2.17 bits per heavy atom. The lowest BCUT2D eigenvalue weighted by Crippen LogP contribution is -2.30. The number of thioether (sulfide) groups is 1. The predicted octanol–water partition coefficient (Wildman–Crippen LogP) is 2.71. The molecule has 0 aromatic carbocycles. The second-order valence-corrected chi connectivity index (χ2v) is 6.89. The van der Waals surface area contributed by atoms with Crippen LogP contribution in [0, 0.1) is 0 Å². The molecule has 1 N–H and O–H groups in total. The van der Waals surface area contributed by atoms with Crippen molar-refractivity contribution in [2.24, 2.45) is 5.10 Å². The fourth-order valence-corrected chi connectivity index (χ4v) is 3.09. The molecule has 0 atom stereocenters. The average Bonchev–Trinajstić information content (AvgIpc) is 2.96. The highest BCUT2D eigenvalue weighted by Crippen LogP contribution is 2.20. The van der Waals surface area contributed by atoms with Crippen LogP contribution < -0.4 is 5.43 Å². The van der Waals surface area contributed by atoms with E-state index < -0.39 is 0 Å². The lowest BCUT2D eigenvalue weighted by molar-refractivity contribution is -0.116.